The number of nitrogens with one attached hydrogen (secondary N) is 1. The Morgan fingerprint density at radius 2 is 2.09 bits per heavy atom. The quantitative estimate of drug-likeness (QED) is 0.817. The smallest absolute Gasteiger partial charge is 0.244 e. The predicted molar refractivity (Wildman–Crippen MR) is 85.9 cm³/mol. The average Bonchev–Trinajstić information content (AvgIpc) is 3.11. The second-order valence-corrected chi connectivity index (χ2v) is 5.74. The fraction of sp³-hybridized carbons (Fsp3) is 0.412. The number of rotatable bonds is 4. The second kappa shape index (κ2) is 6.83. The fourth-order valence-electron chi connectivity index (χ4n) is 2.85. The Hall–Kier alpha value is -2.34. The number of hydrogen-bond donors (Lipinski definition) is 1. The Morgan fingerprint density at radius 1 is 1.30 bits per heavy atom. The van der Waals surface area contributed by atoms with Crippen LogP contribution in [0.15, 0.2) is 36.4 Å². The van der Waals surface area contributed by atoms with E-state index >= 15 is 0 Å². The Bertz CT molecular complexity index is 612. The van der Waals surface area contributed by atoms with E-state index in [4.69, 9.17) is 4.74 Å². The third-order valence-corrected chi connectivity index (χ3v) is 4.21. The molecule has 0 unspecified atom stereocenters. The van der Waals surface area contributed by atoms with Gasteiger partial charge in [0.2, 0.25) is 11.8 Å². The Kier molecular flexibility index (Phi) is 4.62. The normalized spacial score (nSPS) is 20.9. The Morgan fingerprint density at radius 3 is 2.70 bits per heavy atom. The number of carbonyl (C=O) groups excluding carboxylic acids is 2. The van der Waals surface area contributed by atoms with Crippen molar-refractivity contribution in [1.29, 1.82) is 0 Å². The molecule has 1 saturated heterocycles. The summed E-state index contributed by atoms with van der Waals surface area (Å²) < 4.78 is 5.13. The molecule has 0 radical (unpaired) electrons. The van der Waals surface area contributed by atoms with Crippen LogP contribution >= 0.6 is 0 Å². The van der Waals surface area contributed by atoms with E-state index in [1.165, 1.54) is 0 Å². The standard InChI is InChI=1S/C17H21N3O3/c1-23-14-6-4-13(5-7-14)11-19-9-10-20(12-16(19)21)17(22)15-3-2-8-18-15/h2-7,15,18H,8-12H2,1H3/t15-/m1/s1. The van der Waals surface area contributed by atoms with Gasteiger partial charge in [-0.05, 0) is 17.7 Å². The van der Waals surface area contributed by atoms with E-state index in [1.807, 2.05) is 36.4 Å². The van der Waals surface area contributed by atoms with Crippen molar-refractivity contribution < 1.29 is 14.3 Å². The number of methoxy groups -OCH3 is 1. The Labute approximate surface area is 135 Å². The van der Waals surface area contributed by atoms with Crippen molar-refractivity contribution in [3.8, 4) is 5.75 Å². The maximum Gasteiger partial charge on any atom is 0.244 e. The van der Waals surface area contributed by atoms with Gasteiger partial charge in [0.25, 0.3) is 0 Å². The highest BCUT2D eigenvalue weighted by Gasteiger charge is 2.30. The summed E-state index contributed by atoms with van der Waals surface area (Å²) in [6.45, 7) is 2.56. The Balaban J connectivity index is 1.56. The molecule has 23 heavy (non-hydrogen) atoms. The first-order chi connectivity index (χ1) is 11.2. The molecule has 2 heterocycles. The zero-order chi connectivity index (χ0) is 16.2. The highest BCUT2D eigenvalue weighted by molar-refractivity contribution is 5.90. The lowest BCUT2D eigenvalue weighted by Gasteiger charge is -2.35. The van der Waals surface area contributed by atoms with Crippen molar-refractivity contribution >= 4 is 11.8 Å². The summed E-state index contributed by atoms with van der Waals surface area (Å²) in [4.78, 5) is 28.1. The minimum absolute atomic E-state index is 0.0117. The zero-order valence-corrected chi connectivity index (χ0v) is 13.2. The average molecular weight is 315 g/mol. The van der Waals surface area contributed by atoms with Crippen LogP contribution in [0.4, 0.5) is 0 Å². The first kappa shape index (κ1) is 15.6. The molecule has 1 aromatic rings. The summed E-state index contributed by atoms with van der Waals surface area (Å²) in [5.41, 5.74) is 1.05. The number of amides is 2. The van der Waals surface area contributed by atoms with Crippen molar-refractivity contribution in [2.24, 2.45) is 0 Å². The van der Waals surface area contributed by atoms with Crippen LogP contribution in [0, 0.1) is 0 Å². The summed E-state index contributed by atoms with van der Waals surface area (Å²) in [6.07, 6.45) is 3.79. The lowest BCUT2D eigenvalue weighted by Crippen LogP contribution is -2.55. The van der Waals surface area contributed by atoms with Crippen LogP contribution in [0.1, 0.15) is 5.56 Å². The summed E-state index contributed by atoms with van der Waals surface area (Å²) in [6, 6.07) is 7.40. The minimum atomic E-state index is -0.282. The van der Waals surface area contributed by atoms with E-state index in [1.54, 1.807) is 16.9 Å². The second-order valence-electron chi connectivity index (χ2n) is 5.74. The number of hydrogen-bond acceptors (Lipinski definition) is 4. The minimum Gasteiger partial charge on any atom is -0.497 e. The van der Waals surface area contributed by atoms with Gasteiger partial charge in [-0.3, -0.25) is 14.9 Å². The van der Waals surface area contributed by atoms with Gasteiger partial charge < -0.3 is 14.5 Å². The van der Waals surface area contributed by atoms with Crippen molar-refractivity contribution in [2.75, 3.05) is 33.3 Å². The molecular formula is C17H21N3O3. The highest BCUT2D eigenvalue weighted by Crippen LogP contribution is 2.15. The molecule has 1 N–H and O–H groups in total. The molecule has 0 saturated carbocycles. The molecule has 2 amide bonds. The number of ether oxygens (including phenoxy) is 1. The lowest BCUT2D eigenvalue weighted by molar-refractivity contribution is -0.146. The largest absolute Gasteiger partial charge is 0.497 e. The van der Waals surface area contributed by atoms with Crippen molar-refractivity contribution in [3.63, 3.8) is 0 Å². The van der Waals surface area contributed by atoms with Gasteiger partial charge in [0.05, 0.1) is 13.7 Å². The van der Waals surface area contributed by atoms with Crippen LogP contribution in [-0.4, -0.2) is 60.9 Å². The van der Waals surface area contributed by atoms with Gasteiger partial charge in [-0.1, -0.05) is 24.3 Å². The van der Waals surface area contributed by atoms with Crippen LogP contribution in [0.25, 0.3) is 0 Å². The van der Waals surface area contributed by atoms with Crippen LogP contribution < -0.4 is 10.1 Å². The molecule has 1 fully saturated rings. The summed E-state index contributed by atoms with van der Waals surface area (Å²) in [5, 5.41) is 3.09. The topological polar surface area (TPSA) is 61.9 Å². The van der Waals surface area contributed by atoms with Gasteiger partial charge in [-0.25, -0.2) is 0 Å². The summed E-state index contributed by atoms with van der Waals surface area (Å²) in [7, 11) is 1.63. The first-order valence-electron chi connectivity index (χ1n) is 7.77. The number of piperazine rings is 1. The molecule has 1 aromatic carbocycles. The van der Waals surface area contributed by atoms with Gasteiger partial charge in [-0.2, -0.15) is 0 Å². The third kappa shape index (κ3) is 3.53. The molecule has 0 bridgehead atoms. The maximum atomic E-state index is 12.3. The number of nitrogens with zero attached hydrogens (tertiary/aromatic N) is 2. The molecule has 0 spiro atoms. The van der Waals surface area contributed by atoms with Crippen LogP contribution in [0.2, 0.25) is 0 Å². The molecular weight excluding hydrogens is 294 g/mol. The SMILES string of the molecule is COc1ccc(CN2CCN(C(=O)[C@H]3C=CCN3)CC2=O)cc1. The zero-order valence-electron chi connectivity index (χ0n) is 13.2. The first-order valence-corrected chi connectivity index (χ1v) is 7.77. The third-order valence-electron chi connectivity index (χ3n) is 4.21. The van der Waals surface area contributed by atoms with E-state index in [0.717, 1.165) is 11.3 Å². The van der Waals surface area contributed by atoms with E-state index in [2.05, 4.69) is 5.32 Å². The number of benzene rings is 1. The molecule has 122 valence electrons. The molecule has 1 atom stereocenters. The van der Waals surface area contributed by atoms with Crippen molar-refractivity contribution in [1.82, 2.24) is 15.1 Å². The molecule has 0 aromatic heterocycles. The van der Waals surface area contributed by atoms with Gasteiger partial charge in [0, 0.05) is 26.2 Å². The molecule has 3 rings (SSSR count). The van der Waals surface area contributed by atoms with Crippen LogP contribution in [0.3, 0.4) is 0 Å². The molecule has 6 heteroatoms. The van der Waals surface area contributed by atoms with Crippen molar-refractivity contribution in [3.05, 3.63) is 42.0 Å². The maximum absolute atomic E-state index is 12.3. The van der Waals surface area contributed by atoms with E-state index < -0.39 is 0 Å². The lowest BCUT2D eigenvalue weighted by atomic mass is 10.1. The highest BCUT2D eigenvalue weighted by atomic mass is 16.5. The van der Waals surface area contributed by atoms with E-state index in [9.17, 15) is 9.59 Å². The van der Waals surface area contributed by atoms with Crippen molar-refractivity contribution in [2.45, 2.75) is 12.6 Å². The van der Waals surface area contributed by atoms with Gasteiger partial charge >= 0.3 is 0 Å². The molecule has 2 aliphatic heterocycles. The molecule has 0 aliphatic carbocycles. The molecule has 2 aliphatic rings. The van der Waals surface area contributed by atoms with Gasteiger partial charge in [0.1, 0.15) is 11.8 Å². The number of carbonyl (C=O) groups is 2. The van der Waals surface area contributed by atoms with Crippen LogP contribution in [-0.2, 0) is 16.1 Å². The van der Waals surface area contributed by atoms with Gasteiger partial charge in [-0.15, -0.1) is 0 Å². The summed E-state index contributed by atoms with van der Waals surface area (Å²) >= 11 is 0. The predicted octanol–water partition coefficient (Wildman–Crippen LogP) is 0.394. The summed E-state index contributed by atoms with van der Waals surface area (Å²) in [5.74, 6) is 0.770. The monoisotopic (exact) mass is 315 g/mol. The van der Waals surface area contributed by atoms with E-state index in [-0.39, 0.29) is 24.4 Å². The fourth-order valence-corrected chi connectivity index (χ4v) is 2.85. The van der Waals surface area contributed by atoms with Gasteiger partial charge in [0.15, 0.2) is 0 Å². The van der Waals surface area contributed by atoms with Crippen LogP contribution in [0.5, 0.6) is 5.75 Å². The van der Waals surface area contributed by atoms with E-state index in [0.29, 0.717) is 26.2 Å². The molecule has 6 nitrogen and oxygen atoms in total.